The summed E-state index contributed by atoms with van der Waals surface area (Å²) in [4.78, 5) is 0. The summed E-state index contributed by atoms with van der Waals surface area (Å²) in [6.45, 7) is 8.77. The van der Waals surface area contributed by atoms with E-state index in [0.29, 0.717) is 0 Å². The summed E-state index contributed by atoms with van der Waals surface area (Å²) in [5.41, 5.74) is 11.1. The predicted octanol–water partition coefficient (Wildman–Crippen LogP) is 5.24. The molecule has 19 heavy (non-hydrogen) atoms. The van der Waals surface area contributed by atoms with Gasteiger partial charge >= 0.3 is 0 Å². The summed E-state index contributed by atoms with van der Waals surface area (Å²) in [7, 11) is 0. The molecule has 1 aliphatic carbocycles. The van der Waals surface area contributed by atoms with Crippen LogP contribution in [0.2, 0.25) is 0 Å². The number of rotatable bonds is 1. The van der Waals surface area contributed by atoms with E-state index < -0.39 is 0 Å². The van der Waals surface area contributed by atoms with Gasteiger partial charge in [0.05, 0.1) is 0 Å². The summed E-state index contributed by atoms with van der Waals surface area (Å²) in [5, 5.41) is 0. The molecule has 0 saturated heterocycles. The van der Waals surface area contributed by atoms with Crippen molar-refractivity contribution in [1.29, 1.82) is 0 Å². The van der Waals surface area contributed by atoms with Crippen LogP contribution >= 0.6 is 0 Å². The molecule has 0 amide bonds. The molecule has 0 heterocycles. The van der Waals surface area contributed by atoms with Gasteiger partial charge in [0.1, 0.15) is 0 Å². The van der Waals surface area contributed by atoms with E-state index in [1.165, 1.54) is 44.5 Å². The van der Waals surface area contributed by atoms with Crippen LogP contribution in [0, 0.1) is 20.8 Å². The second-order valence-corrected chi connectivity index (χ2v) is 5.93. The van der Waals surface area contributed by atoms with Crippen LogP contribution in [0.4, 0.5) is 0 Å². The maximum atomic E-state index is 2.35. The Kier molecular flexibility index (Phi) is 2.82. The number of fused-ring (bicyclic) bond motifs is 1. The number of aryl methyl sites for hydroxylation is 3. The maximum absolute atomic E-state index is 2.35. The van der Waals surface area contributed by atoms with E-state index in [4.69, 9.17) is 0 Å². The SMILES string of the molecule is CC1=Cc2c(cc(C)cc2-c2cc(C)cc(C)c2)C1. The van der Waals surface area contributed by atoms with Gasteiger partial charge in [0, 0.05) is 0 Å². The lowest BCUT2D eigenvalue weighted by Gasteiger charge is -2.12. The van der Waals surface area contributed by atoms with Gasteiger partial charge < -0.3 is 0 Å². The van der Waals surface area contributed by atoms with Crippen LogP contribution < -0.4 is 0 Å². The lowest BCUT2D eigenvalue weighted by Crippen LogP contribution is -1.91. The third kappa shape index (κ3) is 2.23. The van der Waals surface area contributed by atoms with Crippen molar-refractivity contribution < 1.29 is 0 Å². The number of hydrogen-bond donors (Lipinski definition) is 0. The maximum Gasteiger partial charge on any atom is -0.00603 e. The molecule has 1 aliphatic rings. The molecule has 0 spiro atoms. The van der Waals surface area contributed by atoms with Crippen LogP contribution in [0.3, 0.4) is 0 Å². The molecule has 0 radical (unpaired) electrons. The molecule has 0 atom stereocenters. The van der Waals surface area contributed by atoms with Crippen molar-refractivity contribution in [2.45, 2.75) is 34.1 Å². The summed E-state index contributed by atoms with van der Waals surface area (Å²) < 4.78 is 0. The fraction of sp³-hybridized carbons (Fsp3) is 0.263. The van der Waals surface area contributed by atoms with E-state index in [1.54, 1.807) is 0 Å². The minimum atomic E-state index is 1.11. The molecule has 0 nitrogen and oxygen atoms in total. The quantitative estimate of drug-likeness (QED) is 0.647. The Morgan fingerprint density at radius 2 is 1.37 bits per heavy atom. The molecule has 0 aliphatic heterocycles. The Bertz CT molecular complexity index is 667. The van der Waals surface area contributed by atoms with Crippen LogP contribution in [-0.4, -0.2) is 0 Å². The molecule has 0 unspecified atom stereocenters. The lowest BCUT2D eigenvalue weighted by molar-refractivity contribution is 1.19. The van der Waals surface area contributed by atoms with Crippen molar-refractivity contribution >= 4 is 6.08 Å². The molecular weight excluding hydrogens is 228 g/mol. The first-order valence-corrected chi connectivity index (χ1v) is 6.92. The molecule has 2 aromatic carbocycles. The molecule has 0 N–H and O–H groups in total. The van der Waals surface area contributed by atoms with Crippen LogP contribution in [-0.2, 0) is 6.42 Å². The Morgan fingerprint density at radius 1 is 0.737 bits per heavy atom. The van der Waals surface area contributed by atoms with Gasteiger partial charge in [-0.05, 0) is 56.4 Å². The second-order valence-electron chi connectivity index (χ2n) is 5.93. The smallest absolute Gasteiger partial charge is 0.00603 e. The lowest BCUT2D eigenvalue weighted by atomic mass is 9.93. The third-order valence-corrected chi connectivity index (χ3v) is 3.80. The summed E-state index contributed by atoms with van der Waals surface area (Å²) in [6.07, 6.45) is 3.45. The normalized spacial score (nSPS) is 13.4. The van der Waals surface area contributed by atoms with E-state index in [-0.39, 0.29) is 0 Å². The third-order valence-electron chi connectivity index (χ3n) is 3.80. The van der Waals surface area contributed by atoms with Crippen molar-refractivity contribution in [1.82, 2.24) is 0 Å². The minimum Gasteiger partial charge on any atom is -0.0683 e. The van der Waals surface area contributed by atoms with Gasteiger partial charge in [-0.3, -0.25) is 0 Å². The molecule has 0 fully saturated rings. The highest BCUT2D eigenvalue weighted by atomic mass is 14.2. The monoisotopic (exact) mass is 248 g/mol. The standard InChI is InChI=1S/C19H20/c1-12-5-13(2)7-16(6-12)18-10-14(3)8-17-9-15(4)11-19(17)18/h5-8,10-11H,9H2,1-4H3. The fourth-order valence-corrected chi connectivity index (χ4v) is 3.16. The molecular formula is C19H20. The number of hydrogen-bond acceptors (Lipinski definition) is 0. The zero-order valence-electron chi connectivity index (χ0n) is 12.2. The topological polar surface area (TPSA) is 0 Å². The van der Waals surface area contributed by atoms with Crippen LogP contribution in [0.15, 0.2) is 35.9 Å². The first-order chi connectivity index (χ1) is 9.02. The largest absolute Gasteiger partial charge is 0.0683 e. The van der Waals surface area contributed by atoms with E-state index in [2.05, 4.69) is 64.1 Å². The molecule has 0 aromatic heterocycles. The zero-order chi connectivity index (χ0) is 13.6. The molecule has 0 bridgehead atoms. The molecule has 0 heteroatoms. The summed E-state index contributed by atoms with van der Waals surface area (Å²) >= 11 is 0. The fourth-order valence-electron chi connectivity index (χ4n) is 3.16. The van der Waals surface area contributed by atoms with Crippen molar-refractivity contribution in [3.8, 4) is 11.1 Å². The first kappa shape index (κ1) is 12.2. The van der Waals surface area contributed by atoms with Gasteiger partial charge in [0.15, 0.2) is 0 Å². The van der Waals surface area contributed by atoms with Crippen molar-refractivity contribution in [2.24, 2.45) is 0 Å². The van der Waals surface area contributed by atoms with Gasteiger partial charge in [-0.25, -0.2) is 0 Å². The van der Waals surface area contributed by atoms with Crippen LogP contribution in [0.25, 0.3) is 17.2 Å². The van der Waals surface area contributed by atoms with Gasteiger partial charge in [0.2, 0.25) is 0 Å². The van der Waals surface area contributed by atoms with Crippen molar-refractivity contribution in [3.63, 3.8) is 0 Å². The Hall–Kier alpha value is -1.82. The van der Waals surface area contributed by atoms with Gasteiger partial charge in [-0.15, -0.1) is 0 Å². The van der Waals surface area contributed by atoms with E-state index in [1.807, 2.05) is 0 Å². The molecule has 3 rings (SSSR count). The van der Waals surface area contributed by atoms with Gasteiger partial charge in [-0.2, -0.15) is 0 Å². The van der Waals surface area contributed by atoms with Crippen molar-refractivity contribution in [2.75, 3.05) is 0 Å². The van der Waals surface area contributed by atoms with Crippen LogP contribution in [0.1, 0.15) is 34.7 Å². The predicted molar refractivity (Wildman–Crippen MR) is 83.4 cm³/mol. The Balaban J connectivity index is 2.25. The highest BCUT2D eigenvalue weighted by molar-refractivity contribution is 5.81. The molecule has 2 aromatic rings. The molecule has 0 saturated carbocycles. The Morgan fingerprint density at radius 3 is 2.05 bits per heavy atom. The zero-order valence-corrected chi connectivity index (χ0v) is 12.2. The Labute approximate surface area is 115 Å². The molecule has 96 valence electrons. The van der Waals surface area contributed by atoms with E-state index in [9.17, 15) is 0 Å². The average molecular weight is 248 g/mol. The highest BCUT2D eigenvalue weighted by Crippen LogP contribution is 2.35. The second kappa shape index (κ2) is 4.38. The average Bonchev–Trinajstić information content (AvgIpc) is 2.66. The minimum absolute atomic E-state index is 1.11. The van der Waals surface area contributed by atoms with Crippen molar-refractivity contribution in [3.05, 3.63) is 63.7 Å². The highest BCUT2D eigenvalue weighted by Gasteiger charge is 2.15. The van der Waals surface area contributed by atoms with Gasteiger partial charge in [-0.1, -0.05) is 58.7 Å². The number of benzene rings is 2. The van der Waals surface area contributed by atoms with E-state index >= 15 is 0 Å². The number of allylic oxidation sites excluding steroid dienone is 1. The van der Waals surface area contributed by atoms with Gasteiger partial charge in [0.25, 0.3) is 0 Å². The van der Waals surface area contributed by atoms with E-state index in [0.717, 1.165) is 6.42 Å². The summed E-state index contributed by atoms with van der Waals surface area (Å²) in [5.74, 6) is 0. The first-order valence-electron chi connectivity index (χ1n) is 6.92. The van der Waals surface area contributed by atoms with Crippen LogP contribution in [0.5, 0.6) is 0 Å². The summed E-state index contributed by atoms with van der Waals surface area (Å²) in [6, 6.07) is 11.5.